The summed E-state index contributed by atoms with van der Waals surface area (Å²) in [5, 5.41) is 20.1. The van der Waals surface area contributed by atoms with Gasteiger partial charge in [0.2, 0.25) is 6.54 Å². The predicted molar refractivity (Wildman–Crippen MR) is 143 cm³/mol. The van der Waals surface area contributed by atoms with E-state index in [4.69, 9.17) is 9.47 Å². The number of ether oxygens (including phenoxy) is 2. The third-order valence-corrected chi connectivity index (χ3v) is 7.31. The number of aryl methyl sites for hydroxylation is 2. The van der Waals surface area contributed by atoms with Crippen LogP contribution in [0.3, 0.4) is 0 Å². The van der Waals surface area contributed by atoms with E-state index in [1.807, 2.05) is 42.7 Å². The molecule has 37 heavy (non-hydrogen) atoms. The molecule has 0 aliphatic heterocycles. The van der Waals surface area contributed by atoms with E-state index in [0.29, 0.717) is 32.5 Å². The molecule has 1 heterocycles. The van der Waals surface area contributed by atoms with Crippen molar-refractivity contribution < 1.29 is 18.8 Å². The number of halogens is 2. The second-order valence-corrected chi connectivity index (χ2v) is 10.3. The molecule has 0 unspecified atom stereocenters. The molecule has 192 valence electrons. The molecular formula is C26H24BrFN4O4S. The summed E-state index contributed by atoms with van der Waals surface area (Å²) >= 11 is 4.79. The summed E-state index contributed by atoms with van der Waals surface area (Å²) in [7, 11) is 1.50. The van der Waals surface area contributed by atoms with E-state index >= 15 is 0 Å². The minimum Gasteiger partial charge on any atom is -0.493 e. The maximum absolute atomic E-state index is 13.2. The third kappa shape index (κ3) is 6.47. The maximum Gasteiger partial charge on any atom is 0.220 e. The molecule has 0 saturated heterocycles. The molecule has 1 atom stereocenters. The first kappa shape index (κ1) is 26.6. The average molecular weight is 587 g/mol. The van der Waals surface area contributed by atoms with E-state index in [-0.39, 0.29) is 23.9 Å². The largest absolute Gasteiger partial charge is 0.493 e. The highest BCUT2D eigenvalue weighted by atomic mass is 79.9. The smallest absolute Gasteiger partial charge is 0.220 e. The highest BCUT2D eigenvalue weighted by Gasteiger charge is 2.26. The molecule has 4 aromatic rings. The van der Waals surface area contributed by atoms with Crippen molar-refractivity contribution in [1.82, 2.24) is 14.8 Å². The fraction of sp³-hybridized carbons (Fsp3) is 0.231. The Kier molecular flexibility index (Phi) is 8.45. The van der Waals surface area contributed by atoms with Crippen molar-refractivity contribution in [2.24, 2.45) is 0 Å². The van der Waals surface area contributed by atoms with Gasteiger partial charge in [0.15, 0.2) is 16.7 Å². The lowest BCUT2D eigenvalue weighted by atomic mass is 10.1. The van der Waals surface area contributed by atoms with Gasteiger partial charge in [-0.2, -0.15) is 0 Å². The lowest BCUT2D eigenvalue weighted by Gasteiger charge is -2.18. The van der Waals surface area contributed by atoms with Gasteiger partial charge < -0.3 is 9.47 Å². The van der Waals surface area contributed by atoms with Crippen molar-refractivity contribution in [3.8, 4) is 17.2 Å². The molecule has 0 saturated carbocycles. The Morgan fingerprint density at radius 1 is 1.14 bits per heavy atom. The van der Waals surface area contributed by atoms with Crippen LogP contribution in [0.4, 0.5) is 4.39 Å². The van der Waals surface area contributed by atoms with E-state index in [2.05, 4.69) is 26.1 Å². The first-order valence-corrected chi connectivity index (χ1v) is 12.9. The SMILES string of the molecule is COc1cc([C@@H](C[N+](=O)[O-])Sc2nnc(C)n2-c2cccc(C)c2)cc(Br)c1OCc1ccc(F)cc1. The van der Waals surface area contributed by atoms with Crippen LogP contribution in [0.1, 0.15) is 27.8 Å². The number of benzene rings is 3. The van der Waals surface area contributed by atoms with Crippen LogP contribution in [0.25, 0.3) is 5.69 Å². The summed E-state index contributed by atoms with van der Waals surface area (Å²) < 4.78 is 27.2. The minimum absolute atomic E-state index is 0.195. The van der Waals surface area contributed by atoms with Gasteiger partial charge in [-0.3, -0.25) is 14.7 Å². The van der Waals surface area contributed by atoms with Gasteiger partial charge in [0.25, 0.3) is 0 Å². The summed E-state index contributed by atoms with van der Waals surface area (Å²) in [4.78, 5) is 11.3. The zero-order valence-corrected chi connectivity index (χ0v) is 22.8. The van der Waals surface area contributed by atoms with Crippen molar-refractivity contribution in [2.75, 3.05) is 13.7 Å². The number of nitro groups is 1. The molecule has 4 rings (SSSR count). The van der Waals surface area contributed by atoms with Crippen LogP contribution >= 0.6 is 27.7 Å². The zero-order chi connectivity index (χ0) is 26.5. The van der Waals surface area contributed by atoms with Gasteiger partial charge in [-0.25, -0.2) is 4.39 Å². The van der Waals surface area contributed by atoms with Crippen LogP contribution in [0.2, 0.25) is 0 Å². The predicted octanol–water partition coefficient (Wildman–Crippen LogP) is 6.48. The van der Waals surface area contributed by atoms with Gasteiger partial charge in [0, 0.05) is 10.6 Å². The summed E-state index contributed by atoms with van der Waals surface area (Å²) in [5.74, 6) is 1.21. The molecule has 0 radical (unpaired) electrons. The second-order valence-electron chi connectivity index (χ2n) is 8.28. The number of hydrogen-bond donors (Lipinski definition) is 0. The number of rotatable bonds is 10. The molecule has 0 aliphatic rings. The summed E-state index contributed by atoms with van der Waals surface area (Å²) in [5.41, 5.74) is 3.41. The molecule has 0 bridgehead atoms. The first-order chi connectivity index (χ1) is 17.7. The van der Waals surface area contributed by atoms with Crippen LogP contribution in [-0.4, -0.2) is 33.3 Å². The lowest BCUT2D eigenvalue weighted by molar-refractivity contribution is -0.479. The van der Waals surface area contributed by atoms with Gasteiger partial charge in [-0.1, -0.05) is 36.0 Å². The van der Waals surface area contributed by atoms with Crippen LogP contribution in [0.15, 0.2) is 70.3 Å². The van der Waals surface area contributed by atoms with E-state index in [0.717, 1.165) is 16.8 Å². The fourth-order valence-electron chi connectivity index (χ4n) is 3.76. The fourth-order valence-corrected chi connectivity index (χ4v) is 5.49. The number of methoxy groups -OCH3 is 1. The monoisotopic (exact) mass is 586 g/mol. The number of hydrogen-bond acceptors (Lipinski definition) is 7. The van der Waals surface area contributed by atoms with Gasteiger partial charge in [0.05, 0.1) is 11.6 Å². The van der Waals surface area contributed by atoms with E-state index in [1.165, 1.54) is 31.0 Å². The Hall–Kier alpha value is -3.44. The van der Waals surface area contributed by atoms with Crippen molar-refractivity contribution in [3.63, 3.8) is 0 Å². The molecule has 0 fully saturated rings. The molecule has 1 aromatic heterocycles. The van der Waals surface area contributed by atoms with Gasteiger partial charge in [0.1, 0.15) is 23.5 Å². The summed E-state index contributed by atoms with van der Waals surface area (Å²) in [6.07, 6.45) is 0. The van der Waals surface area contributed by atoms with Crippen molar-refractivity contribution in [3.05, 3.63) is 104 Å². The first-order valence-electron chi connectivity index (χ1n) is 11.3. The van der Waals surface area contributed by atoms with Gasteiger partial charge in [-0.15, -0.1) is 10.2 Å². The van der Waals surface area contributed by atoms with Crippen molar-refractivity contribution in [1.29, 1.82) is 0 Å². The maximum atomic E-state index is 13.2. The third-order valence-electron chi connectivity index (χ3n) is 5.54. The topological polar surface area (TPSA) is 92.3 Å². The number of nitrogens with zero attached hydrogens (tertiary/aromatic N) is 4. The van der Waals surface area contributed by atoms with Crippen LogP contribution in [-0.2, 0) is 6.61 Å². The van der Waals surface area contributed by atoms with Crippen LogP contribution in [0, 0.1) is 29.8 Å². The summed E-state index contributed by atoms with van der Waals surface area (Å²) in [6.45, 7) is 3.69. The zero-order valence-electron chi connectivity index (χ0n) is 20.4. The Balaban J connectivity index is 1.65. The van der Waals surface area contributed by atoms with Crippen LogP contribution in [0.5, 0.6) is 11.5 Å². The molecule has 0 aliphatic carbocycles. The van der Waals surface area contributed by atoms with Gasteiger partial charge in [-0.05, 0) is 82.9 Å². The van der Waals surface area contributed by atoms with E-state index in [1.54, 1.807) is 24.3 Å². The second kappa shape index (κ2) is 11.7. The Labute approximate surface area is 226 Å². The van der Waals surface area contributed by atoms with Crippen molar-refractivity contribution >= 4 is 27.7 Å². The molecule has 8 nitrogen and oxygen atoms in total. The Morgan fingerprint density at radius 3 is 2.57 bits per heavy atom. The highest BCUT2D eigenvalue weighted by molar-refractivity contribution is 9.10. The summed E-state index contributed by atoms with van der Waals surface area (Å²) in [6, 6.07) is 17.4. The van der Waals surface area contributed by atoms with E-state index < -0.39 is 5.25 Å². The highest BCUT2D eigenvalue weighted by Crippen LogP contribution is 2.43. The normalized spacial score (nSPS) is 11.8. The number of thioether (sulfide) groups is 1. The molecule has 0 N–H and O–H groups in total. The quantitative estimate of drug-likeness (QED) is 0.119. The molecule has 3 aromatic carbocycles. The van der Waals surface area contributed by atoms with E-state index in [9.17, 15) is 14.5 Å². The van der Waals surface area contributed by atoms with Gasteiger partial charge >= 0.3 is 0 Å². The molecule has 0 spiro atoms. The number of aromatic nitrogens is 3. The Morgan fingerprint density at radius 2 is 1.89 bits per heavy atom. The molecular weight excluding hydrogens is 563 g/mol. The minimum atomic E-state index is -0.585. The molecule has 11 heteroatoms. The standard InChI is InChI=1S/C26H24BrFN4O4S/c1-16-5-4-6-21(11-16)32-17(2)29-30-26(32)37-24(14-31(33)34)19-12-22(27)25(23(13-19)35-3)36-15-18-7-9-20(28)10-8-18/h4-13,24H,14-15H2,1-3H3/t24-/m1/s1. The molecule has 0 amide bonds. The lowest BCUT2D eigenvalue weighted by Crippen LogP contribution is -2.12. The average Bonchev–Trinajstić information content (AvgIpc) is 3.23. The Bertz CT molecular complexity index is 1410. The van der Waals surface area contributed by atoms with Crippen molar-refractivity contribution in [2.45, 2.75) is 30.9 Å². The van der Waals surface area contributed by atoms with Crippen LogP contribution < -0.4 is 9.47 Å².